The maximum Gasteiger partial charge on any atom is 0.340 e. The van der Waals surface area contributed by atoms with Crippen molar-refractivity contribution in [2.75, 3.05) is 24.7 Å². The highest BCUT2D eigenvalue weighted by Gasteiger charge is 2.15. The fourth-order valence-corrected chi connectivity index (χ4v) is 1.71. The Hall–Kier alpha value is -2.24. The van der Waals surface area contributed by atoms with Crippen molar-refractivity contribution in [3.8, 4) is 0 Å². The maximum atomic E-state index is 11.9. The summed E-state index contributed by atoms with van der Waals surface area (Å²) >= 11 is 0. The molecule has 1 rings (SSSR count). The Morgan fingerprint density at radius 2 is 1.95 bits per heavy atom. The minimum absolute atomic E-state index is 0.0971. The summed E-state index contributed by atoms with van der Waals surface area (Å²) in [6.45, 7) is 6.44. The van der Waals surface area contributed by atoms with Crippen molar-refractivity contribution in [2.45, 2.75) is 26.8 Å². The van der Waals surface area contributed by atoms with E-state index in [4.69, 9.17) is 5.73 Å². The van der Waals surface area contributed by atoms with Crippen LogP contribution in [0.4, 0.5) is 11.4 Å². The summed E-state index contributed by atoms with van der Waals surface area (Å²) in [7, 11) is 1.30. The molecule has 0 bridgehead atoms. The van der Waals surface area contributed by atoms with Gasteiger partial charge in [0, 0.05) is 17.9 Å². The molecule has 6 heteroatoms. The van der Waals surface area contributed by atoms with E-state index < -0.39 is 12.0 Å². The molecule has 1 aromatic carbocycles. The zero-order chi connectivity index (χ0) is 16.0. The average molecular weight is 293 g/mol. The molecule has 0 spiro atoms. The summed E-state index contributed by atoms with van der Waals surface area (Å²) in [5, 5.41) is 5.88. The molecule has 1 atom stereocenters. The van der Waals surface area contributed by atoms with Crippen LogP contribution >= 0.6 is 0 Å². The van der Waals surface area contributed by atoms with Gasteiger partial charge in [0.15, 0.2) is 0 Å². The third kappa shape index (κ3) is 4.98. The normalized spacial score (nSPS) is 11.9. The van der Waals surface area contributed by atoms with Gasteiger partial charge in [0.1, 0.15) is 6.04 Å². The van der Waals surface area contributed by atoms with Crippen LogP contribution in [0.5, 0.6) is 0 Å². The minimum atomic E-state index is -0.506. The highest BCUT2D eigenvalue weighted by molar-refractivity contribution is 5.96. The lowest BCUT2D eigenvalue weighted by atomic mass is 10.1. The second-order valence-electron chi connectivity index (χ2n) is 5.30. The number of nitrogens with two attached hydrogens (primary N) is 1. The van der Waals surface area contributed by atoms with Gasteiger partial charge in [-0.1, -0.05) is 13.8 Å². The quantitative estimate of drug-likeness (QED) is 0.547. The summed E-state index contributed by atoms with van der Waals surface area (Å²) in [5.41, 5.74) is 6.98. The summed E-state index contributed by atoms with van der Waals surface area (Å²) in [5.74, 6) is -0.211. The van der Waals surface area contributed by atoms with Crippen molar-refractivity contribution >= 4 is 23.3 Å². The van der Waals surface area contributed by atoms with Crippen LogP contribution in [0.25, 0.3) is 0 Å². The molecule has 116 valence electrons. The van der Waals surface area contributed by atoms with E-state index in [9.17, 15) is 9.59 Å². The smallest absolute Gasteiger partial charge is 0.340 e. The van der Waals surface area contributed by atoms with E-state index in [1.165, 1.54) is 7.11 Å². The second kappa shape index (κ2) is 7.52. The molecule has 0 fully saturated rings. The van der Waals surface area contributed by atoms with Crippen molar-refractivity contribution < 1.29 is 14.3 Å². The lowest BCUT2D eigenvalue weighted by molar-refractivity contribution is -0.121. The average Bonchev–Trinajstić information content (AvgIpc) is 2.45. The Morgan fingerprint density at radius 3 is 2.52 bits per heavy atom. The van der Waals surface area contributed by atoms with Gasteiger partial charge in [-0.25, -0.2) is 4.79 Å². The molecular weight excluding hydrogens is 270 g/mol. The van der Waals surface area contributed by atoms with Gasteiger partial charge in [-0.15, -0.1) is 0 Å². The number of hydrogen-bond donors (Lipinski definition) is 3. The van der Waals surface area contributed by atoms with Gasteiger partial charge in [0.2, 0.25) is 5.91 Å². The number of nitrogens with one attached hydrogen (secondary N) is 2. The van der Waals surface area contributed by atoms with E-state index in [-0.39, 0.29) is 11.5 Å². The van der Waals surface area contributed by atoms with Crippen molar-refractivity contribution in [3.63, 3.8) is 0 Å². The van der Waals surface area contributed by atoms with E-state index in [0.29, 0.717) is 23.8 Å². The minimum Gasteiger partial charge on any atom is -0.465 e. The third-order valence-electron chi connectivity index (χ3n) is 2.92. The van der Waals surface area contributed by atoms with Gasteiger partial charge in [0.05, 0.1) is 12.7 Å². The highest BCUT2D eigenvalue weighted by atomic mass is 16.5. The number of carbonyl (C=O) groups excluding carboxylic acids is 2. The zero-order valence-electron chi connectivity index (χ0n) is 12.9. The van der Waals surface area contributed by atoms with Crippen LogP contribution in [0.2, 0.25) is 0 Å². The molecular formula is C15H23N3O3. The molecule has 1 unspecified atom stereocenters. The number of carbonyl (C=O) groups is 2. The predicted octanol–water partition coefficient (Wildman–Crippen LogP) is 1.63. The summed E-state index contributed by atoms with van der Waals surface area (Å²) < 4.78 is 4.66. The van der Waals surface area contributed by atoms with Crippen molar-refractivity contribution in [3.05, 3.63) is 23.8 Å². The molecule has 0 heterocycles. The topological polar surface area (TPSA) is 93.4 Å². The first-order valence-electron chi connectivity index (χ1n) is 6.87. The Bertz CT molecular complexity index is 515. The predicted molar refractivity (Wildman–Crippen MR) is 83.1 cm³/mol. The Morgan fingerprint density at radius 1 is 1.29 bits per heavy atom. The van der Waals surface area contributed by atoms with E-state index in [0.717, 1.165) is 0 Å². The van der Waals surface area contributed by atoms with Gasteiger partial charge in [0.25, 0.3) is 0 Å². The Labute approximate surface area is 125 Å². The van der Waals surface area contributed by atoms with Crippen LogP contribution in [0, 0.1) is 5.92 Å². The third-order valence-corrected chi connectivity index (χ3v) is 2.92. The molecule has 6 nitrogen and oxygen atoms in total. The number of methoxy groups -OCH3 is 1. The Balaban J connectivity index is 2.74. The fraction of sp³-hybridized carbons (Fsp3) is 0.467. The fourth-order valence-electron chi connectivity index (χ4n) is 1.71. The molecule has 0 aromatic heterocycles. The molecule has 0 aliphatic rings. The molecule has 0 saturated carbocycles. The van der Waals surface area contributed by atoms with Crippen molar-refractivity contribution in [2.24, 2.45) is 5.92 Å². The van der Waals surface area contributed by atoms with Gasteiger partial charge in [-0.05, 0) is 31.0 Å². The highest BCUT2D eigenvalue weighted by Crippen LogP contribution is 2.19. The zero-order valence-corrected chi connectivity index (χ0v) is 12.9. The molecule has 21 heavy (non-hydrogen) atoms. The maximum absolute atomic E-state index is 11.9. The Kier molecular flexibility index (Phi) is 6.02. The van der Waals surface area contributed by atoms with Gasteiger partial charge >= 0.3 is 5.97 Å². The lowest BCUT2D eigenvalue weighted by Gasteiger charge is -2.17. The van der Waals surface area contributed by atoms with Crippen molar-refractivity contribution in [1.29, 1.82) is 0 Å². The second-order valence-corrected chi connectivity index (χ2v) is 5.30. The molecule has 4 N–H and O–H groups in total. The number of amides is 1. The van der Waals surface area contributed by atoms with Gasteiger partial charge in [-0.3, -0.25) is 4.79 Å². The molecule has 0 aliphatic heterocycles. The van der Waals surface area contributed by atoms with Crippen LogP contribution < -0.4 is 16.4 Å². The van der Waals surface area contributed by atoms with Gasteiger partial charge < -0.3 is 21.1 Å². The van der Waals surface area contributed by atoms with Crippen LogP contribution in [0.15, 0.2) is 18.2 Å². The van der Waals surface area contributed by atoms with E-state index in [1.807, 2.05) is 13.8 Å². The van der Waals surface area contributed by atoms with Crippen molar-refractivity contribution in [1.82, 2.24) is 5.32 Å². The molecule has 1 aromatic rings. The number of benzene rings is 1. The van der Waals surface area contributed by atoms with E-state index in [1.54, 1.807) is 25.1 Å². The molecule has 0 saturated heterocycles. The largest absolute Gasteiger partial charge is 0.465 e. The first-order valence-corrected chi connectivity index (χ1v) is 6.87. The van der Waals surface area contributed by atoms with Crippen LogP contribution in [-0.2, 0) is 9.53 Å². The number of anilines is 2. The van der Waals surface area contributed by atoms with E-state index in [2.05, 4.69) is 15.4 Å². The standard InChI is InChI=1S/C15H23N3O3/c1-9(2)8-17-14(19)10(3)18-11-5-6-13(16)12(7-11)15(20)21-4/h5-7,9-10,18H,8,16H2,1-4H3,(H,17,19). The van der Waals surface area contributed by atoms with Gasteiger partial charge in [-0.2, -0.15) is 0 Å². The SMILES string of the molecule is COC(=O)c1cc(NC(C)C(=O)NCC(C)C)ccc1N. The number of esters is 1. The van der Waals surface area contributed by atoms with Crippen LogP contribution in [0.3, 0.4) is 0 Å². The number of ether oxygens (including phenoxy) is 1. The molecule has 0 aliphatic carbocycles. The van der Waals surface area contributed by atoms with Crippen LogP contribution in [-0.4, -0.2) is 31.6 Å². The number of nitrogen functional groups attached to an aromatic ring is 1. The lowest BCUT2D eigenvalue weighted by Crippen LogP contribution is -2.39. The van der Waals surface area contributed by atoms with E-state index >= 15 is 0 Å². The summed E-state index contributed by atoms with van der Waals surface area (Å²) in [6.07, 6.45) is 0. The first kappa shape index (κ1) is 16.8. The molecule has 1 amide bonds. The number of hydrogen-bond acceptors (Lipinski definition) is 5. The number of rotatable bonds is 6. The molecule has 0 radical (unpaired) electrons. The first-order chi connectivity index (χ1) is 9.85. The monoisotopic (exact) mass is 293 g/mol. The summed E-state index contributed by atoms with van der Waals surface area (Å²) in [4.78, 5) is 23.5. The summed E-state index contributed by atoms with van der Waals surface area (Å²) in [6, 6.07) is 4.48. The van der Waals surface area contributed by atoms with Crippen LogP contribution in [0.1, 0.15) is 31.1 Å².